The highest BCUT2D eigenvalue weighted by atomic mass is 16.5. The Morgan fingerprint density at radius 2 is 2.11 bits per heavy atom. The Labute approximate surface area is 204 Å². The van der Waals surface area contributed by atoms with E-state index in [1.54, 1.807) is 4.90 Å². The molecule has 1 fully saturated rings. The van der Waals surface area contributed by atoms with Crippen LogP contribution in [0.4, 0.5) is 11.5 Å². The first-order valence-electron chi connectivity index (χ1n) is 11.8. The molecule has 0 radical (unpaired) electrons. The molecule has 1 aliphatic rings. The van der Waals surface area contributed by atoms with E-state index in [4.69, 9.17) is 10.5 Å². The van der Waals surface area contributed by atoms with Gasteiger partial charge in [-0.2, -0.15) is 5.10 Å². The number of aromatic amines is 1. The average Bonchev–Trinajstić information content (AvgIpc) is 3.35. The van der Waals surface area contributed by atoms with Crippen molar-refractivity contribution in [1.29, 1.82) is 0 Å². The molecule has 0 spiro atoms. The quantitative estimate of drug-likeness (QED) is 0.464. The number of pyridine rings is 1. The number of hydrogen-bond donors (Lipinski definition) is 3. The van der Waals surface area contributed by atoms with Crippen LogP contribution in [0.2, 0.25) is 0 Å². The lowest BCUT2D eigenvalue weighted by molar-refractivity contribution is -0.146. The number of likely N-dealkylation sites (tertiary alicyclic amines) is 1. The highest BCUT2D eigenvalue weighted by Crippen LogP contribution is 2.35. The van der Waals surface area contributed by atoms with Crippen molar-refractivity contribution in [3.63, 3.8) is 0 Å². The van der Waals surface area contributed by atoms with Crippen LogP contribution in [0.3, 0.4) is 0 Å². The van der Waals surface area contributed by atoms with Crippen molar-refractivity contribution in [3.8, 4) is 5.75 Å². The molecule has 1 aliphatic heterocycles. The summed E-state index contributed by atoms with van der Waals surface area (Å²) in [6.45, 7) is 5.24. The van der Waals surface area contributed by atoms with Crippen LogP contribution in [-0.4, -0.2) is 70.1 Å². The van der Waals surface area contributed by atoms with Gasteiger partial charge in [0.1, 0.15) is 18.2 Å². The lowest BCUT2D eigenvalue weighted by atomic mass is 9.89. The van der Waals surface area contributed by atoms with E-state index in [1.807, 2.05) is 38.4 Å². The molecule has 0 aliphatic carbocycles. The molecule has 1 saturated heterocycles. The normalized spacial score (nSPS) is 19.1. The fraction of sp³-hybridized carbons (Fsp3) is 0.440. The van der Waals surface area contributed by atoms with Crippen LogP contribution in [0.15, 0.2) is 36.7 Å². The molecular weight excluding hydrogens is 446 g/mol. The van der Waals surface area contributed by atoms with Crippen molar-refractivity contribution in [2.24, 2.45) is 5.92 Å². The maximum Gasteiger partial charge on any atom is 0.314 e. The molecule has 35 heavy (non-hydrogen) atoms. The topological polar surface area (TPSA) is 129 Å². The number of carbonyl (C=O) groups is 2. The summed E-state index contributed by atoms with van der Waals surface area (Å²) in [5.41, 5.74) is 7.71. The van der Waals surface area contributed by atoms with Crippen molar-refractivity contribution in [2.45, 2.75) is 38.8 Å². The number of piperidine rings is 1. The van der Waals surface area contributed by atoms with Gasteiger partial charge in [-0.3, -0.25) is 14.7 Å². The van der Waals surface area contributed by atoms with E-state index in [-0.39, 0.29) is 12.1 Å². The number of nitrogen functional groups attached to an aromatic ring is 1. The molecule has 2 aromatic heterocycles. The van der Waals surface area contributed by atoms with E-state index in [9.17, 15) is 9.59 Å². The number of nitrogens with one attached hydrogen (secondary N) is 2. The largest absolute Gasteiger partial charge is 0.492 e. The number of anilines is 2. The van der Waals surface area contributed by atoms with Gasteiger partial charge >= 0.3 is 11.8 Å². The number of likely N-dealkylation sites (N-methyl/N-ethyl adjacent to an activating group) is 1. The zero-order valence-corrected chi connectivity index (χ0v) is 20.6. The third-order valence-corrected chi connectivity index (χ3v) is 6.65. The molecule has 2 amide bonds. The van der Waals surface area contributed by atoms with Gasteiger partial charge in [-0.15, -0.1) is 0 Å². The van der Waals surface area contributed by atoms with Gasteiger partial charge in [-0.25, -0.2) is 4.98 Å². The van der Waals surface area contributed by atoms with Gasteiger partial charge < -0.3 is 25.6 Å². The van der Waals surface area contributed by atoms with Gasteiger partial charge in [-0.1, -0.05) is 19.1 Å². The third-order valence-electron chi connectivity index (χ3n) is 6.65. The predicted molar refractivity (Wildman–Crippen MR) is 135 cm³/mol. The van der Waals surface area contributed by atoms with E-state index in [1.165, 1.54) is 12.4 Å². The monoisotopic (exact) mass is 479 g/mol. The summed E-state index contributed by atoms with van der Waals surface area (Å²) >= 11 is 0. The van der Waals surface area contributed by atoms with Gasteiger partial charge in [-0.05, 0) is 57.5 Å². The van der Waals surface area contributed by atoms with Gasteiger partial charge in [0.15, 0.2) is 0 Å². The smallest absolute Gasteiger partial charge is 0.314 e. The molecule has 4 N–H and O–H groups in total. The highest BCUT2D eigenvalue weighted by Gasteiger charge is 2.34. The minimum Gasteiger partial charge on any atom is -0.492 e. The Morgan fingerprint density at radius 1 is 1.31 bits per heavy atom. The molecule has 1 unspecified atom stereocenters. The molecule has 0 saturated carbocycles. The average molecular weight is 480 g/mol. The maximum absolute atomic E-state index is 13.4. The second kappa shape index (κ2) is 10.3. The number of benzene rings is 1. The summed E-state index contributed by atoms with van der Waals surface area (Å²) in [4.78, 5) is 34.2. The van der Waals surface area contributed by atoms with E-state index >= 15 is 0 Å². The van der Waals surface area contributed by atoms with Crippen molar-refractivity contribution in [1.82, 2.24) is 25.0 Å². The lowest BCUT2D eigenvalue weighted by Crippen LogP contribution is -2.46. The molecule has 1 aromatic carbocycles. The summed E-state index contributed by atoms with van der Waals surface area (Å²) in [6.07, 6.45) is 4.69. The Hall–Kier alpha value is -3.66. The number of nitrogens with zero attached hydrogens (tertiary/aromatic N) is 4. The zero-order valence-electron chi connectivity index (χ0n) is 20.6. The van der Waals surface area contributed by atoms with Crippen LogP contribution < -0.4 is 15.8 Å². The molecule has 10 nitrogen and oxygen atoms in total. The van der Waals surface area contributed by atoms with Gasteiger partial charge in [0.2, 0.25) is 0 Å². The molecule has 0 bridgehead atoms. The van der Waals surface area contributed by atoms with E-state index in [2.05, 4.69) is 39.2 Å². The first-order valence-corrected chi connectivity index (χ1v) is 11.8. The predicted octanol–water partition coefficient (Wildman–Crippen LogP) is 2.81. The molecule has 3 aromatic rings. The van der Waals surface area contributed by atoms with Gasteiger partial charge in [0, 0.05) is 12.6 Å². The number of ether oxygens (including phenoxy) is 1. The minimum absolute atomic E-state index is 0.212. The first kappa shape index (κ1) is 24.5. The van der Waals surface area contributed by atoms with Crippen molar-refractivity contribution in [2.75, 3.05) is 38.3 Å². The molecule has 10 heteroatoms. The van der Waals surface area contributed by atoms with Gasteiger partial charge in [0.25, 0.3) is 0 Å². The molecular formula is C25H33N7O3. The number of aromatic nitrogens is 3. The summed E-state index contributed by atoms with van der Waals surface area (Å²) in [6, 6.07) is 7.86. The minimum atomic E-state index is -0.723. The second-order valence-corrected chi connectivity index (χ2v) is 9.52. The van der Waals surface area contributed by atoms with Crippen molar-refractivity contribution >= 4 is 34.2 Å². The Morgan fingerprint density at radius 3 is 2.89 bits per heavy atom. The van der Waals surface area contributed by atoms with Crippen molar-refractivity contribution in [3.05, 3.63) is 42.2 Å². The van der Waals surface area contributed by atoms with Crippen LogP contribution in [0.1, 0.15) is 38.3 Å². The number of H-pyrrole nitrogens is 1. The number of amides is 2. The SMILES string of the molecule is CC(COc1cccc([C@H]2CC[C@H](C)CN2C(=O)C(=O)Nc2cnc(N)c3cn[nH]c23)c1)N(C)C. The molecule has 3 atom stereocenters. The molecule has 4 rings (SSSR count). The lowest BCUT2D eigenvalue weighted by Gasteiger charge is -2.38. The summed E-state index contributed by atoms with van der Waals surface area (Å²) in [5, 5.41) is 10.0. The zero-order chi connectivity index (χ0) is 25.1. The van der Waals surface area contributed by atoms with Gasteiger partial charge in [0.05, 0.1) is 35.0 Å². The fourth-order valence-electron chi connectivity index (χ4n) is 4.26. The number of rotatable bonds is 6. The summed E-state index contributed by atoms with van der Waals surface area (Å²) in [7, 11) is 4.03. The Balaban J connectivity index is 1.52. The van der Waals surface area contributed by atoms with E-state index < -0.39 is 11.8 Å². The summed E-state index contributed by atoms with van der Waals surface area (Å²) < 4.78 is 6.00. The van der Waals surface area contributed by atoms with Crippen LogP contribution in [0.25, 0.3) is 10.9 Å². The van der Waals surface area contributed by atoms with E-state index in [0.29, 0.717) is 41.5 Å². The highest BCUT2D eigenvalue weighted by molar-refractivity contribution is 6.40. The number of nitrogens with two attached hydrogens (primary N) is 1. The maximum atomic E-state index is 13.4. The van der Waals surface area contributed by atoms with E-state index in [0.717, 1.165) is 24.2 Å². The number of fused-ring (bicyclic) bond motifs is 1. The Kier molecular flexibility index (Phi) is 7.20. The van der Waals surface area contributed by atoms with Crippen LogP contribution >= 0.6 is 0 Å². The van der Waals surface area contributed by atoms with Crippen molar-refractivity contribution < 1.29 is 14.3 Å². The number of carbonyl (C=O) groups excluding carboxylic acids is 2. The molecule has 3 heterocycles. The molecule has 186 valence electrons. The standard InChI is InChI=1S/C25H33N7O3/c1-15-8-9-21(17-6-5-7-18(10-17)35-14-16(2)31(3)4)32(13-15)25(34)24(33)29-20-12-27-23(26)19-11-28-30-22(19)20/h5-7,10-12,15-16,21H,8-9,13-14H2,1-4H3,(H2,26,27)(H,28,30)(H,29,33)/t15-,16?,21+/m0/s1. The number of hydrogen-bond acceptors (Lipinski definition) is 7. The van der Waals surface area contributed by atoms with Crippen LogP contribution in [0.5, 0.6) is 5.75 Å². The third kappa shape index (κ3) is 5.37. The van der Waals surface area contributed by atoms with Crippen LogP contribution in [0, 0.1) is 5.92 Å². The first-order chi connectivity index (χ1) is 16.7. The van der Waals surface area contributed by atoms with Crippen LogP contribution in [-0.2, 0) is 9.59 Å². The summed E-state index contributed by atoms with van der Waals surface area (Å²) in [5.74, 6) is 0.0320. The Bertz CT molecular complexity index is 1210. The fourth-order valence-corrected chi connectivity index (χ4v) is 4.26. The second-order valence-electron chi connectivity index (χ2n) is 9.52.